The van der Waals surface area contributed by atoms with E-state index in [1.807, 2.05) is 53.9 Å². The molecule has 0 spiro atoms. The molecule has 94 valence electrons. The monoisotopic (exact) mass is 332 g/mol. The zero-order valence-electron chi connectivity index (χ0n) is 9.79. The summed E-state index contributed by atoms with van der Waals surface area (Å²) in [6, 6.07) is 11.8. The van der Waals surface area contributed by atoms with E-state index in [9.17, 15) is 0 Å². The van der Waals surface area contributed by atoms with Crippen molar-refractivity contribution in [1.82, 2.24) is 10.2 Å². The van der Waals surface area contributed by atoms with Gasteiger partial charge in [0.2, 0.25) is 11.8 Å². The lowest BCUT2D eigenvalue weighted by molar-refractivity contribution is 0.558. The maximum Gasteiger partial charge on any atom is 0.248 e. The van der Waals surface area contributed by atoms with Gasteiger partial charge >= 0.3 is 0 Å². The summed E-state index contributed by atoms with van der Waals surface area (Å²) in [5.74, 6) is 1.03. The molecule has 0 amide bonds. The molecular weight excluding hydrogens is 324 g/mol. The van der Waals surface area contributed by atoms with Crippen LogP contribution in [0.2, 0.25) is 0 Å². The molecule has 5 heteroatoms. The van der Waals surface area contributed by atoms with Crippen molar-refractivity contribution in [3.8, 4) is 11.5 Å². The molecule has 3 rings (SSSR count). The molecule has 0 N–H and O–H groups in total. The molecule has 0 aliphatic heterocycles. The first-order valence-electron chi connectivity index (χ1n) is 5.62. The Hall–Kier alpha value is -1.72. The fraction of sp³-hybridized carbons (Fsp3) is 0. The van der Waals surface area contributed by atoms with Crippen molar-refractivity contribution in [2.75, 3.05) is 0 Å². The summed E-state index contributed by atoms with van der Waals surface area (Å²) in [5, 5.41) is 10.1. The number of aromatic nitrogens is 2. The zero-order chi connectivity index (χ0) is 13.1. The Kier molecular flexibility index (Phi) is 3.57. The minimum atomic E-state index is 0.506. The van der Waals surface area contributed by atoms with Crippen molar-refractivity contribution >= 4 is 39.4 Å². The standard InChI is InChI=1S/C14H9BrN2OS/c15-11-5-3-10(4-6-11)14-17-16-13(18-14)8-7-12-2-1-9-19-12/h1-9H/b8-7+. The van der Waals surface area contributed by atoms with E-state index < -0.39 is 0 Å². The minimum Gasteiger partial charge on any atom is -0.417 e. The van der Waals surface area contributed by atoms with Gasteiger partial charge in [0.05, 0.1) is 0 Å². The van der Waals surface area contributed by atoms with Gasteiger partial charge in [0, 0.05) is 21.0 Å². The predicted molar refractivity (Wildman–Crippen MR) is 80.7 cm³/mol. The lowest BCUT2D eigenvalue weighted by Gasteiger charge is -1.93. The summed E-state index contributed by atoms with van der Waals surface area (Å²) in [6.07, 6.45) is 3.78. The molecule has 3 nitrogen and oxygen atoms in total. The highest BCUT2D eigenvalue weighted by Crippen LogP contribution is 2.21. The Morgan fingerprint density at radius 3 is 2.63 bits per heavy atom. The van der Waals surface area contributed by atoms with Gasteiger partial charge in [0.1, 0.15) is 0 Å². The molecule has 0 fully saturated rings. The van der Waals surface area contributed by atoms with E-state index in [-0.39, 0.29) is 0 Å². The van der Waals surface area contributed by atoms with E-state index >= 15 is 0 Å². The summed E-state index contributed by atoms with van der Waals surface area (Å²) in [6.45, 7) is 0. The first kappa shape index (κ1) is 12.3. The van der Waals surface area contributed by atoms with Crippen LogP contribution in [0.4, 0.5) is 0 Å². The first-order valence-corrected chi connectivity index (χ1v) is 7.29. The van der Waals surface area contributed by atoms with Crippen molar-refractivity contribution in [2.24, 2.45) is 0 Å². The molecule has 19 heavy (non-hydrogen) atoms. The van der Waals surface area contributed by atoms with Gasteiger partial charge in [-0.1, -0.05) is 22.0 Å². The van der Waals surface area contributed by atoms with Gasteiger partial charge in [0.25, 0.3) is 0 Å². The fourth-order valence-electron chi connectivity index (χ4n) is 1.55. The van der Waals surface area contributed by atoms with Crippen LogP contribution in [0.5, 0.6) is 0 Å². The van der Waals surface area contributed by atoms with Crippen LogP contribution in [0, 0.1) is 0 Å². The van der Waals surface area contributed by atoms with E-state index in [1.165, 1.54) is 0 Å². The molecule has 2 aromatic heterocycles. The van der Waals surface area contributed by atoms with E-state index in [0.717, 1.165) is 14.9 Å². The average Bonchev–Trinajstić information content (AvgIpc) is 3.09. The van der Waals surface area contributed by atoms with Crippen LogP contribution < -0.4 is 0 Å². The second-order valence-corrected chi connectivity index (χ2v) is 5.70. The third kappa shape index (κ3) is 3.00. The molecule has 2 heterocycles. The Morgan fingerprint density at radius 1 is 1.05 bits per heavy atom. The number of thiophene rings is 1. The molecule has 0 saturated heterocycles. The maximum atomic E-state index is 5.59. The van der Waals surface area contributed by atoms with E-state index in [0.29, 0.717) is 11.8 Å². The summed E-state index contributed by atoms with van der Waals surface area (Å²) in [5.41, 5.74) is 0.909. The Morgan fingerprint density at radius 2 is 1.89 bits per heavy atom. The number of halogens is 1. The van der Waals surface area contributed by atoms with Crippen molar-refractivity contribution < 1.29 is 4.42 Å². The van der Waals surface area contributed by atoms with Gasteiger partial charge < -0.3 is 4.42 Å². The molecule has 0 saturated carbocycles. The van der Waals surface area contributed by atoms with Crippen LogP contribution in [-0.4, -0.2) is 10.2 Å². The smallest absolute Gasteiger partial charge is 0.248 e. The Bertz CT molecular complexity index is 687. The number of hydrogen-bond donors (Lipinski definition) is 0. The van der Waals surface area contributed by atoms with Gasteiger partial charge in [-0.2, -0.15) is 0 Å². The van der Waals surface area contributed by atoms with Crippen molar-refractivity contribution in [2.45, 2.75) is 0 Å². The third-order valence-corrected chi connectivity index (χ3v) is 3.83. The van der Waals surface area contributed by atoms with Crippen LogP contribution in [0.15, 0.2) is 50.7 Å². The van der Waals surface area contributed by atoms with Crippen LogP contribution in [-0.2, 0) is 0 Å². The normalized spacial score (nSPS) is 11.2. The number of rotatable bonds is 3. The molecule has 3 aromatic rings. The van der Waals surface area contributed by atoms with Gasteiger partial charge in [-0.05, 0) is 41.8 Å². The molecule has 0 unspecified atom stereocenters. The topological polar surface area (TPSA) is 38.9 Å². The van der Waals surface area contributed by atoms with Crippen molar-refractivity contribution in [3.05, 3.63) is 57.0 Å². The van der Waals surface area contributed by atoms with Gasteiger partial charge in [-0.25, -0.2) is 0 Å². The van der Waals surface area contributed by atoms with E-state index in [1.54, 1.807) is 11.3 Å². The minimum absolute atomic E-state index is 0.506. The maximum absolute atomic E-state index is 5.59. The largest absolute Gasteiger partial charge is 0.417 e. The fourth-order valence-corrected chi connectivity index (χ4v) is 2.43. The number of nitrogens with zero attached hydrogens (tertiary/aromatic N) is 2. The summed E-state index contributed by atoms with van der Waals surface area (Å²) in [7, 11) is 0. The quantitative estimate of drug-likeness (QED) is 0.695. The van der Waals surface area contributed by atoms with E-state index in [4.69, 9.17) is 4.42 Å². The van der Waals surface area contributed by atoms with Gasteiger partial charge in [0.15, 0.2) is 0 Å². The zero-order valence-corrected chi connectivity index (χ0v) is 12.2. The van der Waals surface area contributed by atoms with Crippen LogP contribution in [0.1, 0.15) is 10.8 Å². The highest BCUT2D eigenvalue weighted by Gasteiger charge is 2.06. The molecule has 0 aliphatic carbocycles. The molecule has 1 aromatic carbocycles. The van der Waals surface area contributed by atoms with Crippen LogP contribution in [0.3, 0.4) is 0 Å². The molecular formula is C14H9BrN2OS. The lowest BCUT2D eigenvalue weighted by atomic mass is 10.2. The highest BCUT2D eigenvalue weighted by atomic mass is 79.9. The van der Waals surface area contributed by atoms with Crippen molar-refractivity contribution in [3.63, 3.8) is 0 Å². The second-order valence-electron chi connectivity index (χ2n) is 3.80. The summed E-state index contributed by atoms with van der Waals surface area (Å²) in [4.78, 5) is 1.16. The Balaban J connectivity index is 1.81. The molecule has 0 aliphatic rings. The highest BCUT2D eigenvalue weighted by molar-refractivity contribution is 9.10. The van der Waals surface area contributed by atoms with Gasteiger partial charge in [-0.3, -0.25) is 0 Å². The summed E-state index contributed by atoms with van der Waals surface area (Å²) < 4.78 is 6.61. The third-order valence-electron chi connectivity index (χ3n) is 2.47. The molecule has 0 radical (unpaired) electrons. The average molecular weight is 333 g/mol. The van der Waals surface area contributed by atoms with Crippen molar-refractivity contribution in [1.29, 1.82) is 0 Å². The molecule has 0 atom stereocenters. The van der Waals surface area contributed by atoms with Gasteiger partial charge in [-0.15, -0.1) is 21.5 Å². The van der Waals surface area contributed by atoms with Crippen LogP contribution in [0.25, 0.3) is 23.6 Å². The molecule has 0 bridgehead atoms. The predicted octanol–water partition coefficient (Wildman–Crippen LogP) is 4.73. The Labute approximate surface area is 122 Å². The second kappa shape index (κ2) is 5.50. The van der Waals surface area contributed by atoms with Crippen LogP contribution >= 0.6 is 27.3 Å². The first-order chi connectivity index (χ1) is 9.31. The number of hydrogen-bond acceptors (Lipinski definition) is 4. The van der Waals surface area contributed by atoms with E-state index in [2.05, 4.69) is 26.1 Å². The lowest BCUT2D eigenvalue weighted by Crippen LogP contribution is -1.76. The SMILES string of the molecule is Brc1ccc(-c2nnc(/C=C/c3cccs3)o2)cc1. The summed E-state index contributed by atoms with van der Waals surface area (Å²) >= 11 is 5.06. The number of benzene rings is 1.